The SMILES string of the molecule is CC(C)(C)[C@@H](Nc1cc(-n2ccnc2)nc(NCc2cccc(Cl)c2)n1)C(=O)NCc1ccc(Cl)cc1Cl. The molecule has 1 amide bonds. The van der Waals surface area contributed by atoms with Crippen molar-refractivity contribution in [3.05, 3.63) is 93.4 Å². The summed E-state index contributed by atoms with van der Waals surface area (Å²) in [6, 6.07) is 13.9. The van der Waals surface area contributed by atoms with Gasteiger partial charge in [0.05, 0.1) is 0 Å². The number of nitrogens with zero attached hydrogens (tertiary/aromatic N) is 4. The second-order valence-electron chi connectivity index (χ2n) is 9.79. The number of rotatable bonds is 9. The average molecular weight is 573 g/mol. The lowest BCUT2D eigenvalue weighted by atomic mass is 9.86. The minimum Gasteiger partial charge on any atom is -0.358 e. The Morgan fingerprint density at radius 2 is 1.79 bits per heavy atom. The van der Waals surface area contributed by atoms with Crippen LogP contribution in [0.25, 0.3) is 5.82 Å². The lowest BCUT2D eigenvalue weighted by Gasteiger charge is -2.31. The molecule has 38 heavy (non-hydrogen) atoms. The summed E-state index contributed by atoms with van der Waals surface area (Å²) < 4.78 is 1.77. The number of imidazole rings is 1. The normalized spacial score (nSPS) is 12.2. The second kappa shape index (κ2) is 12.0. The van der Waals surface area contributed by atoms with Crippen molar-refractivity contribution >= 4 is 52.5 Å². The van der Waals surface area contributed by atoms with E-state index in [1.165, 1.54) is 0 Å². The van der Waals surface area contributed by atoms with Crippen LogP contribution >= 0.6 is 34.8 Å². The van der Waals surface area contributed by atoms with Crippen molar-refractivity contribution in [1.29, 1.82) is 0 Å². The van der Waals surface area contributed by atoms with Gasteiger partial charge in [0.1, 0.15) is 24.0 Å². The van der Waals surface area contributed by atoms with Gasteiger partial charge in [-0.3, -0.25) is 9.36 Å². The molecule has 0 saturated carbocycles. The molecule has 1 atom stereocenters. The fourth-order valence-corrected chi connectivity index (χ4v) is 4.40. The maximum absolute atomic E-state index is 13.4. The fourth-order valence-electron chi connectivity index (χ4n) is 3.72. The molecule has 4 rings (SSSR count). The van der Waals surface area contributed by atoms with Gasteiger partial charge in [0.15, 0.2) is 0 Å². The molecule has 0 saturated heterocycles. The Bertz CT molecular complexity index is 1400. The zero-order chi connectivity index (χ0) is 27.3. The summed E-state index contributed by atoms with van der Waals surface area (Å²) in [5.41, 5.74) is 1.31. The summed E-state index contributed by atoms with van der Waals surface area (Å²) in [6.45, 7) is 6.68. The summed E-state index contributed by atoms with van der Waals surface area (Å²) in [4.78, 5) is 26.7. The number of hydrogen-bond donors (Lipinski definition) is 3. The molecule has 2 heterocycles. The number of benzene rings is 2. The highest BCUT2D eigenvalue weighted by molar-refractivity contribution is 6.35. The number of hydrogen-bond acceptors (Lipinski definition) is 6. The van der Waals surface area contributed by atoms with Crippen LogP contribution in [0, 0.1) is 5.41 Å². The van der Waals surface area contributed by atoms with Gasteiger partial charge in [-0.15, -0.1) is 0 Å². The number of aromatic nitrogens is 4. The highest BCUT2D eigenvalue weighted by Crippen LogP contribution is 2.26. The van der Waals surface area contributed by atoms with Gasteiger partial charge in [-0.1, -0.05) is 73.8 Å². The summed E-state index contributed by atoms with van der Waals surface area (Å²) >= 11 is 18.4. The molecule has 0 aliphatic rings. The van der Waals surface area contributed by atoms with Gasteiger partial charge in [-0.05, 0) is 40.8 Å². The molecule has 8 nitrogen and oxygen atoms in total. The fraction of sp³-hybridized carbons (Fsp3) is 0.259. The number of anilines is 2. The van der Waals surface area contributed by atoms with E-state index >= 15 is 0 Å². The van der Waals surface area contributed by atoms with E-state index in [0.29, 0.717) is 39.2 Å². The van der Waals surface area contributed by atoms with Crippen molar-refractivity contribution in [2.24, 2.45) is 5.41 Å². The molecule has 0 spiro atoms. The second-order valence-corrected chi connectivity index (χ2v) is 11.1. The summed E-state index contributed by atoms with van der Waals surface area (Å²) in [5, 5.41) is 11.2. The maximum atomic E-state index is 13.4. The van der Waals surface area contributed by atoms with E-state index in [-0.39, 0.29) is 12.5 Å². The topological polar surface area (TPSA) is 96.8 Å². The molecule has 2 aromatic carbocycles. The van der Waals surface area contributed by atoms with E-state index in [2.05, 4.69) is 30.9 Å². The Balaban J connectivity index is 1.56. The third-order valence-corrected chi connectivity index (χ3v) is 6.53. The minimum absolute atomic E-state index is 0.195. The van der Waals surface area contributed by atoms with Gasteiger partial charge in [-0.2, -0.15) is 9.97 Å². The van der Waals surface area contributed by atoms with Crippen LogP contribution in [0.5, 0.6) is 0 Å². The first-order valence-electron chi connectivity index (χ1n) is 11.9. The van der Waals surface area contributed by atoms with E-state index in [1.807, 2.05) is 45.0 Å². The van der Waals surface area contributed by atoms with Crippen molar-refractivity contribution in [3.63, 3.8) is 0 Å². The Kier molecular flexibility index (Phi) is 8.76. The quantitative estimate of drug-likeness (QED) is 0.215. The zero-order valence-electron chi connectivity index (χ0n) is 21.2. The van der Waals surface area contributed by atoms with Crippen molar-refractivity contribution < 1.29 is 4.79 Å². The number of carbonyl (C=O) groups excluding carboxylic acids is 1. The molecule has 0 aliphatic carbocycles. The monoisotopic (exact) mass is 571 g/mol. The van der Waals surface area contributed by atoms with E-state index in [1.54, 1.807) is 47.6 Å². The van der Waals surface area contributed by atoms with E-state index < -0.39 is 11.5 Å². The van der Waals surface area contributed by atoms with Crippen LogP contribution < -0.4 is 16.0 Å². The van der Waals surface area contributed by atoms with Crippen molar-refractivity contribution in [2.75, 3.05) is 10.6 Å². The largest absolute Gasteiger partial charge is 0.358 e. The van der Waals surface area contributed by atoms with Crippen LogP contribution in [0.3, 0.4) is 0 Å². The highest BCUT2D eigenvalue weighted by Gasteiger charge is 2.32. The smallest absolute Gasteiger partial charge is 0.243 e. The Hall–Kier alpha value is -3.33. The molecular weight excluding hydrogens is 545 g/mol. The predicted molar refractivity (Wildman–Crippen MR) is 153 cm³/mol. The average Bonchev–Trinajstić information content (AvgIpc) is 3.40. The molecule has 0 bridgehead atoms. The third-order valence-electron chi connectivity index (χ3n) is 5.71. The first-order chi connectivity index (χ1) is 18.1. The third kappa shape index (κ3) is 7.37. The molecule has 0 radical (unpaired) electrons. The van der Waals surface area contributed by atoms with Crippen LogP contribution in [0.15, 0.2) is 67.3 Å². The van der Waals surface area contributed by atoms with Gasteiger partial charge >= 0.3 is 0 Å². The number of carbonyl (C=O) groups is 1. The summed E-state index contributed by atoms with van der Waals surface area (Å²) in [5.74, 6) is 1.27. The van der Waals surface area contributed by atoms with Gasteiger partial charge < -0.3 is 16.0 Å². The highest BCUT2D eigenvalue weighted by atomic mass is 35.5. The lowest BCUT2D eigenvalue weighted by molar-refractivity contribution is -0.124. The van der Waals surface area contributed by atoms with Crippen molar-refractivity contribution in [1.82, 2.24) is 24.8 Å². The molecule has 4 aromatic rings. The Morgan fingerprint density at radius 3 is 2.47 bits per heavy atom. The number of nitrogens with one attached hydrogen (secondary N) is 3. The maximum Gasteiger partial charge on any atom is 0.243 e. The van der Waals surface area contributed by atoms with Crippen LogP contribution in [0.2, 0.25) is 15.1 Å². The first kappa shape index (κ1) is 27.7. The van der Waals surface area contributed by atoms with Gasteiger partial charge in [-0.25, -0.2) is 4.98 Å². The van der Waals surface area contributed by atoms with Crippen LogP contribution in [0.4, 0.5) is 11.8 Å². The molecule has 11 heteroatoms. The molecule has 2 aromatic heterocycles. The van der Waals surface area contributed by atoms with Gasteiger partial charge in [0, 0.05) is 46.6 Å². The van der Waals surface area contributed by atoms with Crippen molar-refractivity contribution in [2.45, 2.75) is 39.9 Å². The van der Waals surface area contributed by atoms with Crippen LogP contribution in [0.1, 0.15) is 31.9 Å². The van der Waals surface area contributed by atoms with E-state index in [9.17, 15) is 4.79 Å². The molecule has 198 valence electrons. The van der Waals surface area contributed by atoms with E-state index in [4.69, 9.17) is 34.8 Å². The lowest BCUT2D eigenvalue weighted by Crippen LogP contribution is -2.47. The van der Waals surface area contributed by atoms with Crippen LogP contribution in [-0.2, 0) is 17.9 Å². The Morgan fingerprint density at radius 1 is 1.00 bits per heavy atom. The summed E-state index contributed by atoms with van der Waals surface area (Å²) in [6.07, 6.45) is 5.11. The molecule has 0 unspecified atom stereocenters. The van der Waals surface area contributed by atoms with Crippen molar-refractivity contribution in [3.8, 4) is 5.82 Å². The minimum atomic E-state index is -0.611. The summed E-state index contributed by atoms with van der Waals surface area (Å²) in [7, 11) is 0. The zero-order valence-corrected chi connectivity index (χ0v) is 23.4. The number of halogens is 3. The standard InChI is InChI=1S/C27H28Cl3N7O/c1-27(2,3)24(25(38)32-15-18-7-8-20(29)12-21(18)30)34-22-13-23(37-10-9-31-16-37)36-26(35-22)33-14-17-5-4-6-19(28)11-17/h4-13,16,24H,14-15H2,1-3H3,(H,32,38)(H2,33,34,35,36)/t24-/m0/s1. The Labute approximate surface area is 236 Å². The van der Waals surface area contributed by atoms with Gasteiger partial charge in [0.25, 0.3) is 0 Å². The first-order valence-corrected chi connectivity index (χ1v) is 13.1. The molecule has 0 fully saturated rings. The van der Waals surface area contributed by atoms with E-state index in [0.717, 1.165) is 11.1 Å². The molecular formula is C27H28Cl3N7O. The predicted octanol–water partition coefficient (Wildman–Crippen LogP) is 6.38. The molecule has 0 aliphatic heterocycles. The number of amides is 1. The van der Waals surface area contributed by atoms with Gasteiger partial charge in [0.2, 0.25) is 11.9 Å². The molecule has 3 N–H and O–H groups in total. The van der Waals surface area contributed by atoms with Crippen LogP contribution in [-0.4, -0.2) is 31.5 Å².